The zero-order chi connectivity index (χ0) is 15.0. The first kappa shape index (κ1) is 13.4. The van der Waals surface area contributed by atoms with Crippen LogP contribution in [0, 0.1) is 21.8 Å². The van der Waals surface area contributed by atoms with E-state index in [2.05, 4.69) is 0 Å². The Balaban J connectivity index is 1.93. The number of hydrogen-bond donors (Lipinski definition) is 0. The van der Waals surface area contributed by atoms with Gasteiger partial charge in [0.2, 0.25) is 0 Å². The fraction of sp³-hybridized carbons (Fsp3) is 0.188. The smallest absolute Gasteiger partial charge is 0.283 e. The first-order valence-corrected chi connectivity index (χ1v) is 6.61. The molecule has 4 nitrogen and oxygen atoms in total. The van der Waals surface area contributed by atoms with Crippen LogP contribution in [0.2, 0.25) is 0 Å². The largest absolute Gasteiger partial charge is 0.294 e. The molecule has 0 unspecified atom stereocenters. The summed E-state index contributed by atoms with van der Waals surface area (Å²) < 4.78 is 13.1. The minimum absolute atomic E-state index is 0.0146. The van der Waals surface area contributed by atoms with Gasteiger partial charge in [0.15, 0.2) is 5.78 Å². The molecule has 0 amide bonds. The van der Waals surface area contributed by atoms with Gasteiger partial charge in [-0.2, -0.15) is 0 Å². The Morgan fingerprint density at radius 2 is 1.76 bits per heavy atom. The molecule has 3 rings (SSSR count). The van der Waals surface area contributed by atoms with Crippen molar-refractivity contribution in [3.63, 3.8) is 0 Å². The lowest BCUT2D eigenvalue weighted by atomic mass is 9.94. The number of halogens is 1. The molecule has 1 aliphatic rings. The summed E-state index contributed by atoms with van der Waals surface area (Å²) in [5, 5.41) is 11.0. The van der Waals surface area contributed by atoms with Crippen molar-refractivity contribution < 1.29 is 14.1 Å². The molecule has 0 aromatic heterocycles. The summed E-state index contributed by atoms with van der Waals surface area (Å²) in [4.78, 5) is 22.8. The number of benzene rings is 2. The van der Waals surface area contributed by atoms with Crippen LogP contribution in [-0.4, -0.2) is 10.7 Å². The van der Waals surface area contributed by atoms with Gasteiger partial charge >= 0.3 is 0 Å². The Kier molecular flexibility index (Phi) is 3.25. The molecule has 0 saturated carbocycles. The van der Waals surface area contributed by atoms with Crippen LogP contribution < -0.4 is 0 Å². The Labute approximate surface area is 120 Å². The van der Waals surface area contributed by atoms with Crippen molar-refractivity contribution in [2.75, 3.05) is 0 Å². The van der Waals surface area contributed by atoms with E-state index >= 15 is 0 Å². The van der Waals surface area contributed by atoms with E-state index in [1.165, 1.54) is 6.07 Å². The molecule has 1 aliphatic carbocycles. The molecule has 5 heteroatoms. The number of carbonyl (C=O) groups excluding carboxylic acids is 1. The Morgan fingerprint density at radius 1 is 1.14 bits per heavy atom. The number of ketones is 1. The summed E-state index contributed by atoms with van der Waals surface area (Å²) in [6.45, 7) is 0. The number of carbonyl (C=O) groups is 1. The number of Topliss-reactive ketones (excluding diaryl/α,β-unsaturated/α-hetero) is 1. The van der Waals surface area contributed by atoms with Crippen LogP contribution in [-0.2, 0) is 12.8 Å². The molecule has 0 spiro atoms. The Hall–Kier alpha value is -2.56. The number of nitrogens with zero attached hydrogens (tertiary/aromatic N) is 1. The Bertz CT molecular complexity index is 717. The molecule has 0 heterocycles. The maximum Gasteiger partial charge on any atom is 0.283 e. The molecule has 0 atom stereocenters. The van der Waals surface area contributed by atoms with E-state index in [0.717, 1.165) is 23.3 Å². The summed E-state index contributed by atoms with van der Waals surface area (Å²) in [6.07, 6.45) is 1.15. The number of nitro groups is 1. The molecule has 0 bridgehead atoms. The number of nitro benzene ring substituents is 1. The van der Waals surface area contributed by atoms with Crippen LogP contribution in [0.5, 0.6) is 0 Å². The van der Waals surface area contributed by atoms with E-state index in [1.54, 1.807) is 0 Å². The minimum atomic E-state index is -0.715. The second kappa shape index (κ2) is 5.09. The van der Waals surface area contributed by atoms with Gasteiger partial charge in [-0.1, -0.05) is 24.3 Å². The van der Waals surface area contributed by atoms with Crippen LogP contribution in [0.1, 0.15) is 21.5 Å². The molecular formula is C16H12FNO3. The van der Waals surface area contributed by atoms with Gasteiger partial charge in [-0.05, 0) is 36.1 Å². The van der Waals surface area contributed by atoms with Gasteiger partial charge in [-0.15, -0.1) is 0 Å². The third-order valence-electron chi connectivity index (χ3n) is 3.84. The first-order chi connectivity index (χ1) is 10.1. The topological polar surface area (TPSA) is 60.2 Å². The van der Waals surface area contributed by atoms with Gasteiger partial charge in [0.1, 0.15) is 5.82 Å². The Morgan fingerprint density at radius 3 is 2.33 bits per heavy atom. The molecular weight excluding hydrogens is 273 g/mol. The second-order valence-electron chi connectivity index (χ2n) is 5.16. The number of hydrogen-bond acceptors (Lipinski definition) is 3. The maximum atomic E-state index is 13.1. The molecule has 0 fully saturated rings. The number of rotatable bonds is 3. The van der Waals surface area contributed by atoms with Crippen LogP contribution in [0.4, 0.5) is 10.1 Å². The van der Waals surface area contributed by atoms with Crippen molar-refractivity contribution in [1.29, 1.82) is 0 Å². The molecule has 2 aromatic carbocycles. The van der Waals surface area contributed by atoms with Gasteiger partial charge in [0.25, 0.3) is 5.69 Å². The lowest BCUT2D eigenvalue weighted by Gasteiger charge is -2.08. The van der Waals surface area contributed by atoms with Crippen molar-refractivity contribution in [2.24, 2.45) is 5.92 Å². The summed E-state index contributed by atoms with van der Waals surface area (Å²) in [5.41, 5.74) is 1.72. The SMILES string of the molecule is O=C(c1ccc(F)cc1[N+](=O)[O-])C1Cc2ccccc2C1. The molecule has 0 radical (unpaired) electrons. The lowest BCUT2D eigenvalue weighted by Crippen LogP contribution is -2.16. The second-order valence-corrected chi connectivity index (χ2v) is 5.16. The van der Waals surface area contributed by atoms with E-state index in [9.17, 15) is 19.3 Å². The molecule has 106 valence electrons. The van der Waals surface area contributed by atoms with E-state index in [1.807, 2.05) is 24.3 Å². The monoisotopic (exact) mass is 285 g/mol. The van der Waals surface area contributed by atoms with Crippen molar-refractivity contribution in [3.05, 3.63) is 75.1 Å². The van der Waals surface area contributed by atoms with Gasteiger partial charge < -0.3 is 0 Å². The highest BCUT2D eigenvalue weighted by Crippen LogP contribution is 2.31. The van der Waals surface area contributed by atoms with Gasteiger partial charge in [0, 0.05) is 5.92 Å². The quantitative estimate of drug-likeness (QED) is 0.493. The van der Waals surface area contributed by atoms with Crippen LogP contribution >= 0.6 is 0 Å². The lowest BCUT2D eigenvalue weighted by molar-refractivity contribution is -0.385. The molecule has 0 saturated heterocycles. The van der Waals surface area contributed by atoms with Crippen molar-refractivity contribution in [2.45, 2.75) is 12.8 Å². The third-order valence-corrected chi connectivity index (χ3v) is 3.84. The zero-order valence-electron chi connectivity index (χ0n) is 11.1. The van der Waals surface area contributed by atoms with Crippen LogP contribution in [0.3, 0.4) is 0 Å². The summed E-state index contributed by atoms with van der Waals surface area (Å²) in [6, 6.07) is 10.8. The van der Waals surface area contributed by atoms with Gasteiger partial charge in [0.05, 0.1) is 16.6 Å². The predicted octanol–water partition coefficient (Wildman–Crippen LogP) is 3.33. The normalized spacial score (nSPS) is 14.0. The van der Waals surface area contributed by atoms with Crippen molar-refractivity contribution in [3.8, 4) is 0 Å². The molecule has 21 heavy (non-hydrogen) atoms. The van der Waals surface area contributed by atoms with E-state index in [4.69, 9.17) is 0 Å². The van der Waals surface area contributed by atoms with Crippen LogP contribution in [0.25, 0.3) is 0 Å². The fourth-order valence-corrected chi connectivity index (χ4v) is 2.83. The maximum absolute atomic E-state index is 13.1. The van der Waals surface area contributed by atoms with E-state index in [0.29, 0.717) is 12.8 Å². The van der Waals surface area contributed by atoms with Crippen molar-refractivity contribution in [1.82, 2.24) is 0 Å². The average molecular weight is 285 g/mol. The molecule has 2 aromatic rings. The fourth-order valence-electron chi connectivity index (χ4n) is 2.83. The highest BCUT2D eigenvalue weighted by atomic mass is 19.1. The third kappa shape index (κ3) is 2.42. The minimum Gasteiger partial charge on any atom is -0.294 e. The van der Waals surface area contributed by atoms with Gasteiger partial charge in [-0.3, -0.25) is 14.9 Å². The summed E-state index contributed by atoms with van der Waals surface area (Å²) in [5.74, 6) is -1.32. The average Bonchev–Trinajstić information content (AvgIpc) is 2.90. The van der Waals surface area contributed by atoms with E-state index in [-0.39, 0.29) is 17.3 Å². The van der Waals surface area contributed by atoms with Crippen LogP contribution in [0.15, 0.2) is 42.5 Å². The highest BCUT2D eigenvalue weighted by molar-refractivity contribution is 6.02. The van der Waals surface area contributed by atoms with Gasteiger partial charge in [-0.25, -0.2) is 4.39 Å². The highest BCUT2D eigenvalue weighted by Gasteiger charge is 2.31. The standard InChI is InChI=1S/C16H12FNO3/c17-13-5-6-14(15(9-13)18(20)21)16(19)12-7-10-3-1-2-4-11(10)8-12/h1-6,9,12H,7-8H2. The molecule has 0 N–H and O–H groups in total. The molecule has 0 aliphatic heterocycles. The number of fused-ring (bicyclic) bond motifs is 1. The summed E-state index contributed by atoms with van der Waals surface area (Å²) >= 11 is 0. The predicted molar refractivity (Wildman–Crippen MR) is 74.7 cm³/mol. The zero-order valence-corrected chi connectivity index (χ0v) is 11.1. The van der Waals surface area contributed by atoms with E-state index < -0.39 is 16.4 Å². The van der Waals surface area contributed by atoms with Crippen molar-refractivity contribution >= 4 is 11.5 Å². The first-order valence-electron chi connectivity index (χ1n) is 6.61. The summed E-state index contributed by atoms with van der Waals surface area (Å²) in [7, 11) is 0.